The lowest BCUT2D eigenvalue weighted by molar-refractivity contribution is 0.618. The van der Waals surface area contributed by atoms with Crippen molar-refractivity contribution in [1.29, 1.82) is 0 Å². The molecule has 0 bridgehead atoms. The van der Waals surface area contributed by atoms with Crippen LogP contribution in [0, 0.1) is 17.5 Å². The van der Waals surface area contributed by atoms with Gasteiger partial charge in [0.2, 0.25) is 0 Å². The highest BCUT2D eigenvalue weighted by Gasteiger charge is 2.11. The summed E-state index contributed by atoms with van der Waals surface area (Å²) in [5, 5.41) is 0. The maximum Gasteiger partial charge on any atom is 0.184 e. The lowest BCUT2D eigenvalue weighted by Crippen LogP contribution is -1.99. The van der Waals surface area contributed by atoms with E-state index in [4.69, 9.17) is 12.2 Å². The fraction of sp³-hybridized carbons (Fsp3) is 0.0769. The van der Waals surface area contributed by atoms with Gasteiger partial charge < -0.3 is 4.98 Å². The second-order valence-corrected chi connectivity index (χ2v) is 4.48. The van der Waals surface area contributed by atoms with E-state index in [0.29, 0.717) is 16.1 Å². The van der Waals surface area contributed by atoms with Crippen molar-refractivity contribution in [2.24, 2.45) is 0 Å². The van der Waals surface area contributed by atoms with E-state index in [1.165, 1.54) is 6.07 Å². The van der Waals surface area contributed by atoms with Crippen molar-refractivity contribution < 1.29 is 4.39 Å². The summed E-state index contributed by atoms with van der Waals surface area (Å²) in [7, 11) is 0. The van der Waals surface area contributed by atoms with Gasteiger partial charge in [-0.3, -0.25) is 4.57 Å². The van der Waals surface area contributed by atoms with Crippen molar-refractivity contribution in [1.82, 2.24) is 14.5 Å². The van der Waals surface area contributed by atoms with Crippen LogP contribution < -0.4 is 0 Å². The predicted octanol–water partition coefficient (Wildman–Crippen LogP) is 3.53. The summed E-state index contributed by atoms with van der Waals surface area (Å²) in [4.78, 5) is 7.27. The molecule has 5 heteroatoms. The van der Waals surface area contributed by atoms with Crippen LogP contribution in [0.1, 0.15) is 5.56 Å². The number of fused-ring (bicyclic) bond motifs is 1. The van der Waals surface area contributed by atoms with Gasteiger partial charge in [-0.25, -0.2) is 9.37 Å². The first-order valence-corrected chi connectivity index (χ1v) is 5.90. The van der Waals surface area contributed by atoms with E-state index in [0.717, 1.165) is 11.1 Å². The molecule has 0 fully saturated rings. The largest absolute Gasteiger partial charge is 0.329 e. The topological polar surface area (TPSA) is 33.6 Å². The molecule has 0 spiro atoms. The summed E-state index contributed by atoms with van der Waals surface area (Å²) >= 11 is 5.24. The smallest absolute Gasteiger partial charge is 0.184 e. The number of pyridine rings is 1. The lowest BCUT2D eigenvalue weighted by Gasteiger charge is -2.06. The number of rotatable bonds is 1. The molecule has 2 aromatic heterocycles. The molecule has 0 amide bonds. The molecular formula is C13H10FN3S. The Hall–Kier alpha value is -2.01. The van der Waals surface area contributed by atoms with Crippen LogP contribution in [0.2, 0.25) is 0 Å². The molecule has 90 valence electrons. The highest BCUT2D eigenvalue weighted by atomic mass is 32.1. The number of halogens is 1. The minimum Gasteiger partial charge on any atom is -0.329 e. The van der Waals surface area contributed by atoms with E-state index in [9.17, 15) is 4.39 Å². The first-order chi connectivity index (χ1) is 8.66. The van der Waals surface area contributed by atoms with Crippen LogP contribution in [0.25, 0.3) is 16.9 Å². The van der Waals surface area contributed by atoms with Crippen LogP contribution in [-0.2, 0) is 0 Å². The zero-order valence-corrected chi connectivity index (χ0v) is 10.5. The summed E-state index contributed by atoms with van der Waals surface area (Å²) in [5.41, 5.74) is 2.82. The Bertz CT molecular complexity index is 788. The fourth-order valence-corrected chi connectivity index (χ4v) is 2.25. The van der Waals surface area contributed by atoms with Crippen LogP contribution in [0.4, 0.5) is 4.39 Å². The number of aromatic amines is 1. The van der Waals surface area contributed by atoms with Gasteiger partial charge in [0.05, 0.1) is 11.2 Å². The molecule has 3 aromatic rings. The Morgan fingerprint density at radius 2 is 2.17 bits per heavy atom. The maximum absolute atomic E-state index is 13.9. The monoisotopic (exact) mass is 259 g/mol. The van der Waals surface area contributed by atoms with Crippen molar-refractivity contribution in [3.8, 4) is 5.69 Å². The van der Waals surface area contributed by atoms with Crippen molar-refractivity contribution in [2.75, 3.05) is 0 Å². The van der Waals surface area contributed by atoms with Gasteiger partial charge in [0.25, 0.3) is 0 Å². The Balaban J connectivity index is 2.41. The second-order valence-electron chi connectivity index (χ2n) is 4.09. The molecule has 0 aliphatic heterocycles. The first-order valence-electron chi connectivity index (χ1n) is 5.49. The van der Waals surface area contributed by atoms with Gasteiger partial charge in [0.15, 0.2) is 10.4 Å². The zero-order valence-electron chi connectivity index (χ0n) is 9.64. The van der Waals surface area contributed by atoms with E-state index in [1.807, 2.05) is 19.1 Å². The lowest BCUT2D eigenvalue weighted by atomic mass is 10.2. The molecule has 3 rings (SSSR count). The number of hydrogen-bond donors (Lipinski definition) is 1. The van der Waals surface area contributed by atoms with Gasteiger partial charge in [-0.2, -0.15) is 0 Å². The average molecular weight is 259 g/mol. The molecule has 1 N–H and O–H groups in total. The molecule has 1 aromatic carbocycles. The molecule has 0 saturated heterocycles. The number of aromatic nitrogens is 3. The first kappa shape index (κ1) is 11.1. The normalized spacial score (nSPS) is 11.0. The zero-order chi connectivity index (χ0) is 12.7. The quantitative estimate of drug-likeness (QED) is 0.678. The standard InChI is InChI=1S/C13H10FN3S/c1-8-4-5-9(14)11(7-8)17-12-10(16-13(17)18)3-2-6-15-12/h2-7H,1H3,(H,16,18). The van der Waals surface area contributed by atoms with Crippen molar-refractivity contribution in [2.45, 2.75) is 6.92 Å². The average Bonchev–Trinajstić information content (AvgIpc) is 2.68. The molecule has 0 atom stereocenters. The van der Waals surface area contributed by atoms with Gasteiger partial charge >= 0.3 is 0 Å². The van der Waals surface area contributed by atoms with E-state index in [1.54, 1.807) is 22.9 Å². The molecule has 0 saturated carbocycles. The Kier molecular flexibility index (Phi) is 2.48. The van der Waals surface area contributed by atoms with E-state index in [-0.39, 0.29) is 5.82 Å². The Labute approximate surface area is 108 Å². The van der Waals surface area contributed by atoms with Crippen LogP contribution in [0.5, 0.6) is 0 Å². The molecule has 0 radical (unpaired) electrons. The number of nitrogens with one attached hydrogen (secondary N) is 1. The third kappa shape index (κ3) is 1.64. The van der Waals surface area contributed by atoms with Gasteiger partial charge in [-0.05, 0) is 49.0 Å². The highest BCUT2D eigenvalue weighted by molar-refractivity contribution is 7.71. The third-order valence-electron chi connectivity index (χ3n) is 2.79. The van der Waals surface area contributed by atoms with E-state index in [2.05, 4.69) is 9.97 Å². The van der Waals surface area contributed by atoms with Gasteiger partial charge in [0.1, 0.15) is 5.82 Å². The van der Waals surface area contributed by atoms with Crippen LogP contribution >= 0.6 is 12.2 Å². The van der Waals surface area contributed by atoms with E-state index >= 15 is 0 Å². The summed E-state index contributed by atoms with van der Waals surface area (Å²) in [6.07, 6.45) is 1.66. The van der Waals surface area contributed by atoms with Crippen LogP contribution in [0.15, 0.2) is 36.5 Å². The summed E-state index contributed by atoms with van der Waals surface area (Å²) < 4.78 is 16.0. The molecule has 0 aliphatic rings. The molecule has 3 nitrogen and oxygen atoms in total. The molecule has 18 heavy (non-hydrogen) atoms. The number of hydrogen-bond acceptors (Lipinski definition) is 2. The van der Waals surface area contributed by atoms with Gasteiger partial charge in [-0.15, -0.1) is 0 Å². The number of aryl methyl sites for hydroxylation is 1. The second kappa shape index (κ2) is 4.03. The summed E-state index contributed by atoms with van der Waals surface area (Å²) in [6.45, 7) is 1.91. The molecule has 2 heterocycles. The highest BCUT2D eigenvalue weighted by Crippen LogP contribution is 2.20. The van der Waals surface area contributed by atoms with Gasteiger partial charge in [0, 0.05) is 6.20 Å². The van der Waals surface area contributed by atoms with Crippen molar-refractivity contribution >= 4 is 23.4 Å². The third-order valence-corrected chi connectivity index (χ3v) is 3.07. The number of benzene rings is 1. The van der Waals surface area contributed by atoms with E-state index < -0.39 is 0 Å². The molecular weight excluding hydrogens is 249 g/mol. The minimum absolute atomic E-state index is 0.316. The van der Waals surface area contributed by atoms with Crippen molar-refractivity contribution in [3.63, 3.8) is 0 Å². The van der Waals surface area contributed by atoms with Crippen LogP contribution in [-0.4, -0.2) is 14.5 Å². The molecule has 0 unspecified atom stereocenters. The summed E-state index contributed by atoms with van der Waals surface area (Å²) in [5.74, 6) is -0.316. The SMILES string of the molecule is Cc1ccc(F)c(-n2c(=S)[nH]c3cccnc32)c1. The van der Waals surface area contributed by atoms with Crippen LogP contribution in [0.3, 0.4) is 0 Å². The minimum atomic E-state index is -0.316. The van der Waals surface area contributed by atoms with Gasteiger partial charge in [-0.1, -0.05) is 6.07 Å². The number of H-pyrrole nitrogens is 1. The maximum atomic E-state index is 13.9. The predicted molar refractivity (Wildman–Crippen MR) is 70.9 cm³/mol. The number of imidazole rings is 1. The number of nitrogens with zero attached hydrogens (tertiary/aromatic N) is 2. The summed E-state index contributed by atoms with van der Waals surface area (Å²) in [6, 6.07) is 8.60. The Morgan fingerprint density at radius 3 is 3.00 bits per heavy atom. The Morgan fingerprint density at radius 1 is 1.33 bits per heavy atom. The fourth-order valence-electron chi connectivity index (χ4n) is 1.96. The van der Waals surface area contributed by atoms with Crippen molar-refractivity contribution in [3.05, 3.63) is 52.7 Å². The molecule has 0 aliphatic carbocycles.